The van der Waals surface area contributed by atoms with E-state index in [2.05, 4.69) is 38.2 Å². The molecule has 3 unspecified atom stereocenters. The van der Waals surface area contributed by atoms with Crippen LogP contribution < -0.4 is 5.32 Å². The highest BCUT2D eigenvalue weighted by atomic mass is 16.5. The van der Waals surface area contributed by atoms with E-state index in [9.17, 15) is 19.8 Å². The number of allylic oxidation sites excluding steroid dienone is 2. The lowest BCUT2D eigenvalue weighted by Crippen LogP contribution is -2.46. The third kappa shape index (κ3) is 31.6. The summed E-state index contributed by atoms with van der Waals surface area (Å²) in [5.41, 5.74) is 0. The maximum absolute atomic E-state index is 13.0. The van der Waals surface area contributed by atoms with Gasteiger partial charge in [-0.3, -0.25) is 9.59 Å². The first-order valence-corrected chi connectivity index (χ1v) is 20.4. The summed E-state index contributed by atoms with van der Waals surface area (Å²) < 4.78 is 5.84. The van der Waals surface area contributed by atoms with Crippen LogP contribution in [0, 0.1) is 0 Å². The van der Waals surface area contributed by atoms with E-state index in [1.165, 1.54) is 109 Å². The molecule has 0 saturated carbocycles. The molecule has 0 aliphatic carbocycles. The Morgan fingerprint density at radius 3 is 1.55 bits per heavy atom. The average molecular weight is 666 g/mol. The lowest BCUT2D eigenvalue weighted by molar-refractivity contribution is -0.151. The van der Waals surface area contributed by atoms with Gasteiger partial charge in [-0.25, -0.2) is 0 Å². The predicted octanol–water partition coefficient (Wildman–Crippen LogP) is 11.1. The zero-order valence-corrected chi connectivity index (χ0v) is 31.4. The molecule has 47 heavy (non-hydrogen) atoms. The first-order chi connectivity index (χ1) is 23.0. The number of aliphatic hydroxyl groups is 2. The first-order valence-electron chi connectivity index (χ1n) is 20.4. The summed E-state index contributed by atoms with van der Waals surface area (Å²) in [6, 6.07) is -0.692. The second-order valence-electron chi connectivity index (χ2n) is 14.0. The number of amides is 1. The largest absolute Gasteiger partial charge is 0.462 e. The maximum Gasteiger partial charge on any atom is 0.306 e. The Bertz CT molecular complexity index is 712. The van der Waals surface area contributed by atoms with E-state index >= 15 is 0 Å². The van der Waals surface area contributed by atoms with Crippen molar-refractivity contribution in [2.75, 3.05) is 6.61 Å². The molecular formula is C41H79NO5. The van der Waals surface area contributed by atoms with Crippen molar-refractivity contribution in [2.45, 2.75) is 232 Å². The van der Waals surface area contributed by atoms with Gasteiger partial charge in [-0.2, -0.15) is 0 Å². The summed E-state index contributed by atoms with van der Waals surface area (Å²) in [5, 5.41) is 23.4. The van der Waals surface area contributed by atoms with Gasteiger partial charge in [0.1, 0.15) is 6.10 Å². The smallest absolute Gasteiger partial charge is 0.306 e. The minimum Gasteiger partial charge on any atom is -0.462 e. The number of carbonyl (C=O) groups is 2. The van der Waals surface area contributed by atoms with Gasteiger partial charge in [0.2, 0.25) is 5.91 Å². The molecular weight excluding hydrogens is 586 g/mol. The number of rotatable bonds is 36. The highest BCUT2D eigenvalue weighted by Crippen LogP contribution is 2.17. The Hall–Kier alpha value is -1.40. The van der Waals surface area contributed by atoms with Crippen LogP contribution in [-0.4, -0.2) is 46.9 Å². The van der Waals surface area contributed by atoms with Crippen LogP contribution in [0.4, 0.5) is 0 Å². The van der Waals surface area contributed by atoms with Gasteiger partial charge in [0.05, 0.1) is 25.2 Å². The standard InChI is InChI=1S/C41H79NO5/c1-4-7-10-13-16-18-19-20-22-25-28-31-34-41(46)47-37(32-29-26-23-15-12-9-6-3)35-40(45)42-38(36-43)39(44)33-30-27-24-21-17-14-11-8-5-2/h16,18,37-39,43-44H,4-15,17,19-36H2,1-3H3,(H,42,45)/b18-16-. The summed E-state index contributed by atoms with van der Waals surface area (Å²) in [4.78, 5) is 25.7. The van der Waals surface area contributed by atoms with Crippen molar-refractivity contribution in [3.63, 3.8) is 0 Å². The Morgan fingerprint density at radius 2 is 1.02 bits per heavy atom. The van der Waals surface area contributed by atoms with E-state index in [0.29, 0.717) is 19.3 Å². The molecule has 0 spiro atoms. The Kier molecular flexibility index (Phi) is 34.8. The summed E-state index contributed by atoms with van der Waals surface area (Å²) in [7, 11) is 0. The van der Waals surface area contributed by atoms with Gasteiger partial charge in [-0.1, -0.05) is 161 Å². The molecule has 3 atom stereocenters. The number of carbonyl (C=O) groups excluding carboxylic acids is 2. The fourth-order valence-corrected chi connectivity index (χ4v) is 6.19. The van der Waals surface area contributed by atoms with Crippen molar-refractivity contribution in [1.29, 1.82) is 0 Å². The lowest BCUT2D eigenvalue weighted by atomic mass is 10.0. The molecule has 1 amide bonds. The number of nitrogens with one attached hydrogen (secondary N) is 1. The summed E-state index contributed by atoms with van der Waals surface area (Å²) in [6.07, 6.45) is 35.7. The second-order valence-corrected chi connectivity index (χ2v) is 14.0. The van der Waals surface area contributed by atoms with Gasteiger partial charge in [-0.05, 0) is 51.4 Å². The van der Waals surface area contributed by atoms with Crippen LogP contribution in [0.1, 0.15) is 213 Å². The summed E-state index contributed by atoms with van der Waals surface area (Å²) >= 11 is 0. The molecule has 0 aliphatic rings. The van der Waals surface area contributed by atoms with Gasteiger partial charge < -0.3 is 20.3 Å². The van der Waals surface area contributed by atoms with Crippen molar-refractivity contribution >= 4 is 11.9 Å². The number of aliphatic hydroxyl groups excluding tert-OH is 2. The highest BCUT2D eigenvalue weighted by Gasteiger charge is 2.24. The molecule has 6 nitrogen and oxygen atoms in total. The van der Waals surface area contributed by atoms with Crippen LogP contribution in [0.25, 0.3) is 0 Å². The quantitative estimate of drug-likeness (QED) is 0.0352. The summed E-state index contributed by atoms with van der Waals surface area (Å²) in [5.74, 6) is -0.486. The van der Waals surface area contributed by atoms with Gasteiger partial charge >= 0.3 is 5.97 Å². The van der Waals surface area contributed by atoms with Gasteiger partial charge in [0.25, 0.3) is 0 Å². The number of esters is 1. The number of hydrogen-bond acceptors (Lipinski definition) is 5. The molecule has 0 radical (unpaired) electrons. The minimum atomic E-state index is -0.778. The van der Waals surface area contributed by atoms with Crippen LogP contribution in [-0.2, 0) is 14.3 Å². The van der Waals surface area contributed by atoms with Gasteiger partial charge in [-0.15, -0.1) is 0 Å². The lowest BCUT2D eigenvalue weighted by Gasteiger charge is -2.24. The molecule has 0 aromatic heterocycles. The minimum absolute atomic E-state index is 0.0782. The normalized spacial score (nSPS) is 13.6. The van der Waals surface area contributed by atoms with Crippen molar-refractivity contribution in [1.82, 2.24) is 5.32 Å². The number of ether oxygens (including phenoxy) is 1. The van der Waals surface area contributed by atoms with Crippen molar-refractivity contribution in [2.24, 2.45) is 0 Å². The SMILES string of the molecule is CCCCC/C=C\CCCCCCCC(=O)OC(CCCCCCCCC)CC(=O)NC(CO)C(O)CCCCCCCCCCC. The van der Waals surface area contributed by atoms with E-state index in [1.54, 1.807) is 0 Å². The third-order valence-electron chi connectivity index (χ3n) is 9.34. The zero-order chi connectivity index (χ0) is 34.6. The number of hydrogen-bond donors (Lipinski definition) is 3. The van der Waals surface area contributed by atoms with Gasteiger partial charge in [0, 0.05) is 6.42 Å². The molecule has 6 heteroatoms. The van der Waals surface area contributed by atoms with E-state index in [1.807, 2.05) is 0 Å². The molecule has 278 valence electrons. The monoisotopic (exact) mass is 666 g/mol. The highest BCUT2D eigenvalue weighted by molar-refractivity contribution is 5.77. The average Bonchev–Trinajstić information content (AvgIpc) is 3.06. The molecule has 0 aliphatic heterocycles. The molecule has 0 rings (SSSR count). The molecule has 0 bridgehead atoms. The van der Waals surface area contributed by atoms with E-state index in [0.717, 1.165) is 57.8 Å². The molecule has 0 fully saturated rings. The van der Waals surface area contributed by atoms with E-state index < -0.39 is 18.2 Å². The Morgan fingerprint density at radius 1 is 0.596 bits per heavy atom. The van der Waals surface area contributed by atoms with Crippen molar-refractivity contribution < 1.29 is 24.5 Å². The first kappa shape index (κ1) is 45.6. The molecule has 0 aromatic carbocycles. The fourth-order valence-electron chi connectivity index (χ4n) is 6.19. The van der Waals surface area contributed by atoms with Crippen LogP contribution in [0.15, 0.2) is 12.2 Å². The van der Waals surface area contributed by atoms with Crippen molar-refractivity contribution in [3.05, 3.63) is 12.2 Å². The maximum atomic E-state index is 13.0. The number of unbranched alkanes of at least 4 members (excludes halogenated alkanes) is 22. The van der Waals surface area contributed by atoms with Crippen LogP contribution in [0.2, 0.25) is 0 Å². The molecule has 3 N–H and O–H groups in total. The third-order valence-corrected chi connectivity index (χ3v) is 9.34. The molecule has 0 saturated heterocycles. The molecule has 0 heterocycles. The van der Waals surface area contributed by atoms with Crippen LogP contribution >= 0.6 is 0 Å². The van der Waals surface area contributed by atoms with E-state index in [-0.39, 0.29) is 24.9 Å². The predicted molar refractivity (Wildman–Crippen MR) is 200 cm³/mol. The second kappa shape index (κ2) is 35.9. The van der Waals surface area contributed by atoms with Crippen LogP contribution in [0.3, 0.4) is 0 Å². The van der Waals surface area contributed by atoms with Crippen molar-refractivity contribution in [3.8, 4) is 0 Å². The molecule has 0 aromatic rings. The topological polar surface area (TPSA) is 95.9 Å². The van der Waals surface area contributed by atoms with E-state index in [4.69, 9.17) is 4.74 Å². The Labute approximate surface area is 291 Å². The zero-order valence-electron chi connectivity index (χ0n) is 31.4. The van der Waals surface area contributed by atoms with Gasteiger partial charge in [0.15, 0.2) is 0 Å². The van der Waals surface area contributed by atoms with Crippen LogP contribution in [0.5, 0.6) is 0 Å². The summed E-state index contributed by atoms with van der Waals surface area (Å²) in [6.45, 7) is 6.38. The Balaban J connectivity index is 4.51. The fraction of sp³-hybridized carbons (Fsp3) is 0.902.